The molecule has 0 saturated carbocycles. The van der Waals surface area contributed by atoms with Crippen molar-refractivity contribution in [3.63, 3.8) is 0 Å². The topological polar surface area (TPSA) is 50.7 Å². The number of rotatable bonds is 2. The Labute approximate surface area is 71.3 Å². The minimum atomic E-state index is -0.291. The number of hydrogen-bond donors (Lipinski definition) is 1. The Morgan fingerprint density at radius 2 is 2.58 bits per heavy atom. The smallest absolute Gasteiger partial charge is 0.339 e. The molecule has 12 heavy (non-hydrogen) atoms. The minimum absolute atomic E-state index is 0.291. The lowest BCUT2D eigenvalue weighted by atomic mass is 10.1. The maximum atomic E-state index is 11.2. The first-order valence-electron chi connectivity index (χ1n) is 3.88. The molecule has 4 nitrogen and oxygen atoms in total. The van der Waals surface area contributed by atoms with Crippen LogP contribution in [0.3, 0.4) is 0 Å². The molecule has 1 heterocycles. The average molecular weight is 168 g/mol. The number of carbonyl (C=O) groups is 1. The summed E-state index contributed by atoms with van der Waals surface area (Å²) in [5.41, 5.74) is 4.29. The van der Waals surface area contributed by atoms with Crippen molar-refractivity contribution in [3.8, 4) is 0 Å². The minimum Gasteiger partial charge on any atom is -0.462 e. The highest BCUT2D eigenvalue weighted by molar-refractivity contribution is 6.10. The molecule has 0 saturated heterocycles. The van der Waals surface area contributed by atoms with Gasteiger partial charge in [-0.2, -0.15) is 5.10 Å². The van der Waals surface area contributed by atoms with Crippen molar-refractivity contribution in [3.05, 3.63) is 11.1 Å². The molecule has 0 atom stereocenters. The summed E-state index contributed by atoms with van der Waals surface area (Å²) in [4.78, 5) is 11.2. The molecule has 0 bridgehead atoms. The Morgan fingerprint density at radius 3 is 3.17 bits per heavy atom. The molecule has 0 aromatic rings. The number of esters is 1. The van der Waals surface area contributed by atoms with Crippen LogP contribution < -0.4 is 5.43 Å². The zero-order valence-electron chi connectivity index (χ0n) is 7.26. The quantitative estimate of drug-likeness (QED) is 0.609. The van der Waals surface area contributed by atoms with E-state index >= 15 is 0 Å². The predicted molar refractivity (Wildman–Crippen MR) is 45.8 cm³/mol. The van der Waals surface area contributed by atoms with Crippen LogP contribution in [0, 0.1) is 0 Å². The first-order chi connectivity index (χ1) is 5.75. The van der Waals surface area contributed by atoms with Gasteiger partial charge in [0.2, 0.25) is 0 Å². The van der Waals surface area contributed by atoms with Gasteiger partial charge in [-0.3, -0.25) is 0 Å². The van der Waals surface area contributed by atoms with E-state index in [0.717, 1.165) is 5.57 Å². The Bertz CT molecular complexity index is 243. The molecule has 0 aromatic heterocycles. The van der Waals surface area contributed by atoms with E-state index in [1.807, 2.05) is 6.92 Å². The van der Waals surface area contributed by atoms with Gasteiger partial charge < -0.3 is 10.2 Å². The van der Waals surface area contributed by atoms with Crippen molar-refractivity contribution in [2.24, 2.45) is 5.10 Å². The SMILES string of the molecule is CCOC(=O)C1=C(C)CNN=C1. The Morgan fingerprint density at radius 1 is 1.83 bits per heavy atom. The molecule has 0 aliphatic carbocycles. The van der Waals surface area contributed by atoms with Crippen molar-refractivity contribution in [1.29, 1.82) is 0 Å². The molecular weight excluding hydrogens is 156 g/mol. The second-order valence-electron chi connectivity index (χ2n) is 2.51. The highest BCUT2D eigenvalue weighted by Crippen LogP contribution is 2.06. The summed E-state index contributed by atoms with van der Waals surface area (Å²) < 4.78 is 4.84. The van der Waals surface area contributed by atoms with E-state index in [9.17, 15) is 4.79 Å². The monoisotopic (exact) mass is 168 g/mol. The van der Waals surface area contributed by atoms with E-state index in [1.54, 1.807) is 6.92 Å². The van der Waals surface area contributed by atoms with Crippen LogP contribution in [0.2, 0.25) is 0 Å². The highest BCUT2D eigenvalue weighted by atomic mass is 16.5. The van der Waals surface area contributed by atoms with E-state index in [2.05, 4.69) is 10.5 Å². The van der Waals surface area contributed by atoms with Crippen molar-refractivity contribution in [1.82, 2.24) is 5.43 Å². The normalized spacial score (nSPS) is 15.8. The van der Waals surface area contributed by atoms with Crippen molar-refractivity contribution in [2.45, 2.75) is 13.8 Å². The highest BCUT2D eigenvalue weighted by Gasteiger charge is 2.13. The second-order valence-corrected chi connectivity index (χ2v) is 2.51. The third-order valence-electron chi connectivity index (χ3n) is 1.58. The van der Waals surface area contributed by atoms with E-state index in [0.29, 0.717) is 18.7 Å². The average Bonchev–Trinajstić information content (AvgIpc) is 2.05. The van der Waals surface area contributed by atoms with Gasteiger partial charge in [-0.05, 0) is 19.4 Å². The number of hydrogen-bond acceptors (Lipinski definition) is 4. The fraction of sp³-hybridized carbons (Fsp3) is 0.500. The number of hydrazone groups is 1. The van der Waals surface area contributed by atoms with Gasteiger partial charge in [0.1, 0.15) is 0 Å². The second kappa shape index (κ2) is 3.90. The number of ether oxygens (including phenoxy) is 1. The molecule has 0 aromatic carbocycles. The van der Waals surface area contributed by atoms with Gasteiger partial charge in [-0.25, -0.2) is 4.79 Å². The van der Waals surface area contributed by atoms with Gasteiger partial charge in [0.15, 0.2) is 0 Å². The molecular formula is C8H12N2O2. The third-order valence-corrected chi connectivity index (χ3v) is 1.58. The van der Waals surface area contributed by atoms with E-state index in [4.69, 9.17) is 4.74 Å². The van der Waals surface area contributed by atoms with Gasteiger partial charge in [-0.15, -0.1) is 0 Å². The van der Waals surface area contributed by atoms with E-state index < -0.39 is 0 Å². The number of nitrogens with one attached hydrogen (secondary N) is 1. The molecule has 0 fully saturated rings. The lowest BCUT2D eigenvalue weighted by molar-refractivity contribution is -0.137. The summed E-state index contributed by atoms with van der Waals surface area (Å²) in [5, 5.41) is 3.78. The predicted octanol–water partition coefficient (Wildman–Crippen LogP) is 0.455. The van der Waals surface area contributed by atoms with Gasteiger partial charge in [0.25, 0.3) is 0 Å². The molecule has 1 rings (SSSR count). The molecule has 66 valence electrons. The molecule has 0 radical (unpaired) electrons. The van der Waals surface area contributed by atoms with Crippen LogP contribution in [0.25, 0.3) is 0 Å². The van der Waals surface area contributed by atoms with Crippen LogP contribution in [-0.4, -0.2) is 25.3 Å². The first kappa shape index (κ1) is 8.77. The van der Waals surface area contributed by atoms with Gasteiger partial charge >= 0.3 is 5.97 Å². The summed E-state index contributed by atoms with van der Waals surface area (Å²) >= 11 is 0. The summed E-state index contributed by atoms with van der Waals surface area (Å²) in [6.45, 7) is 4.68. The molecule has 0 unspecified atom stereocenters. The first-order valence-corrected chi connectivity index (χ1v) is 3.88. The Hall–Kier alpha value is -1.32. The van der Waals surface area contributed by atoms with Gasteiger partial charge in [0.05, 0.1) is 24.9 Å². The Kier molecular flexibility index (Phi) is 2.85. The molecule has 1 N–H and O–H groups in total. The van der Waals surface area contributed by atoms with Crippen LogP contribution in [0.1, 0.15) is 13.8 Å². The largest absolute Gasteiger partial charge is 0.462 e. The standard InChI is InChI=1S/C8H12N2O2/c1-3-12-8(11)7-5-10-9-4-6(7)2/h5,9H,3-4H2,1-2H3. The molecule has 0 spiro atoms. The molecule has 0 amide bonds. The van der Waals surface area contributed by atoms with E-state index in [-0.39, 0.29) is 5.97 Å². The maximum absolute atomic E-state index is 11.2. The van der Waals surface area contributed by atoms with Crippen LogP contribution in [0.15, 0.2) is 16.2 Å². The molecule has 1 aliphatic rings. The zero-order valence-corrected chi connectivity index (χ0v) is 7.26. The number of nitrogens with zero attached hydrogens (tertiary/aromatic N) is 1. The summed E-state index contributed by atoms with van der Waals surface area (Å²) in [6.07, 6.45) is 1.50. The van der Waals surface area contributed by atoms with E-state index in [1.165, 1.54) is 6.21 Å². The zero-order chi connectivity index (χ0) is 8.97. The van der Waals surface area contributed by atoms with Crippen LogP contribution in [0.5, 0.6) is 0 Å². The van der Waals surface area contributed by atoms with Crippen molar-refractivity contribution < 1.29 is 9.53 Å². The van der Waals surface area contributed by atoms with Crippen LogP contribution >= 0.6 is 0 Å². The van der Waals surface area contributed by atoms with Gasteiger partial charge in [0, 0.05) is 0 Å². The lowest BCUT2D eigenvalue weighted by Gasteiger charge is -2.11. The fourth-order valence-corrected chi connectivity index (χ4v) is 0.916. The van der Waals surface area contributed by atoms with Crippen molar-refractivity contribution in [2.75, 3.05) is 13.2 Å². The van der Waals surface area contributed by atoms with Crippen molar-refractivity contribution >= 4 is 12.2 Å². The maximum Gasteiger partial charge on any atom is 0.339 e. The molecule has 1 aliphatic heterocycles. The lowest BCUT2D eigenvalue weighted by Crippen LogP contribution is -2.21. The fourth-order valence-electron chi connectivity index (χ4n) is 0.916. The van der Waals surface area contributed by atoms with Gasteiger partial charge in [-0.1, -0.05) is 0 Å². The summed E-state index contributed by atoms with van der Waals surface area (Å²) in [7, 11) is 0. The summed E-state index contributed by atoms with van der Waals surface area (Å²) in [6, 6.07) is 0. The third kappa shape index (κ3) is 1.84. The van der Waals surface area contributed by atoms with Crippen LogP contribution in [0.4, 0.5) is 0 Å². The number of carbonyl (C=O) groups excluding carboxylic acids is 1. The molecule has 4 heteroatoms. The Balaban J connectivity index is 2.72. The summed E-state index contributed by atoms with van der Waals surface area (Å²) in [5.74, 6) is -0.291. The van der Waals surface area contributed by atoms with Crippen LogP contribution in [-0.2, 0) is 9.53 Å².